The number of aromatic nitrogens is 5. The predicted molar refractivity (Wildman–Crippen MR) is 115 cm³/mol. The highest BCUT2D eigenvalue weighted by Crippen LogP contribution is 2.20. The number of anilines is 3. The fraction of sp³-hybridized carbons (Fsp3) is 0.150. The maximum atomic E-state index is 12.8. The van der Waals surface area contributed by atoms with Gasteiger partial charge in [0.05, 0.1) is 28.7 Å². The van der Waals surface area contributed by atoms with E-state index in [1.807, 2.05) is 31.2 Å². The molecule has 3 N–H and O–H groups in total. The van der Waals surface area contributed by atoms with Crippen LogP contribution in [0.3, 0.4) is 0 Å². The lowest BCUT2D eigenvalue weighted by Gasteiger charge is -2.11. The van der Waals surface area contributed by atoms with Gasteiger partial charge >= 0.3 is 0 Å². The Morgan fingerprint density at radius 3 is 2.74 bits per heavy atom. The van der Waals surface area contributed by atoms with Gasteiger partial charge in [-0.3, -0.25) is 19.5 Å². The largest absolute Gasteiger partial charge is 0.368 e. The molecular formula is C20H18N8O3. The molecule has 0 saturated heterocycles. The zero-order valence-corrected chi connectivity index (χ0v) is 16.5. The molecule has 2 heterocycles. The van der Waals surface area contributed by atoms with Gasteiger partial charge in [-0.2, -0.15) is 15.0 Å². The van der Waals surface area contributed by atoms with Crippen LogP contribution in [0, 0.1) is 10.1 Å². The average molecular weight is 418 g/mol. The van der Waals surface area contributed by atoms with E-state index < -0.39 is 10.5 Å². The third-order valence-electron chi connectivity index (χ3n) is 4.67. The van der Waals surface area contributed by atoms with E-state index in [1.54, 1.807) is 0 Å². The number of benzene rings is 2. The number of non-ortho nitro benzene ring substituents is 1. The minimum absolute atomic E-state index is 0.00100. The number of nitrogens with zero attached hydrogens (tertiary/aromatic N) is 6. The maximum Gasteiger partial charge on any atom is 0.270 e. The Kier molecular flexibility index (Phi) is 5.22. The molecule has 156 valence electrons. The van der Waals surface area contributed by atoms with Crippen molar-refractivity contribution in [3.8, 4) is 0 Å². The number of nitro groups is 1. The molecule has 0 aliphatic heterocycles. The van der Waals surface area contributed by atoms with Gasteiger partial charge in [-0.1, -0.05) is 25.1 Å². The maximum absolute atomic E-state index is 12.8. The Labute approximate surface area is 175 Å². The van der Waals surface area contributed by atoms with Crippen molar-refractivity contribution >= 4 is 34.2 Å². The molecule has 2 aromatic carbocycles. The van der Waals surface area contributed by atoms with Crippen LogP contribution in [0.2, 0.25) is 0 Å². The fourth-order valence-electron chi connectivity index (χ4n) is 3.16. The molecule has 0 bridgehead atoms. The number of para-hydroxylation sites is 1. The van der Waals surface area contributed by atoms with Crippen molar-refractivity contribution in [2.24, 2.45) is 0 Å². The normalized spacial score (nSPS) is 10.9. The number of nitrogen functional groups attached to an aromatic ring is 1. The molecular weight excluding hydrogens is 400 g/mol. The molecule has 0 spiro atoms. The van der Waals surface area contributed by atoms with Crippen LogP contribution in [0.1, 0.15) is 18.3 Å². The van der Waals surface area contributed by atoms with Crippen molar-refractivity contribution < 1.29 is 4.92 Å². The summed E-state index contributed by atoms with van der Waals surface area (Å²) in [5.74, 6) is 0.498. The van der Waals surface area contributed by atoms with Gasteiger partial charge in [0, 0.05) is 17.8 Å². The smallest absolute Gasteiger partial charge is 0.270 e. The first kappa shape index (κ1) is 19.9. The first-order valence-electron chi connectivity index (χ1n) is 9.43. The summed E-state index contributed by atoms with van der Waals surface area (Å²) in [6, 6.07) is 11.7. The van der Waals surface area contributed by atoms with Crippen molar-refractivity contribution in [1.82, 2.24) is 24.5 Å². The number of rotatable bonds is 6. The van der Waals surface area contributed by atoms with Crippen molar-refractivity contribution in [3.63, 3.8) is 0 Å². The highest BCUT2D eigenvalue weighted by atomic mass is 16.6. The molecule has 0 saturated carbocycles. The number of aryl methyl sites for hydroxylation is 1. The number of hydrogen-bond donors (Lipinski definition) is 2. The van der Waals surface area contributed by atoms with Gasteiger partial charge < -0.3 is 11.1 Å². The summed E-state index contributed by atoms with van der Waals surface area (Å²) in [6.45, 7) is 2.01. The van der Waals surface area contributed by atoms with E-state index in [2.05, 4.69) is 25.3 Å². The Morgan fingerprint density at radius 2 is 1.97 bits per heavy atom. The summed E-state index contributed by atoms with van der Waals surface area (Å²) in [6.07, 6.45) is 2.16. The zero-order valence-electron chi connectivity index (χ0n) is 16.5. The van der Waals surface area contributed by atoms with Crippen molar-refractivity contribution in [2.75, 3.05) is 11.1 Å². The third-order valence-corrected chi connectivity index (χ3v) is 4.67. The van der Waals surface area contributed by atoms with Crippen LogP contribution in [0.15, 0.2) is 53.6 Å². The van der Waals surface area contributed by atoms with Crippen molar-refractivity contribution in [2.45, 2.75) is 19.9 Å². The number of nitro benzene ring substituents is 1. The Morgan fingerprint density at radius 1 is 1.16 bits per heavy atom. The summed E-state index contributed by atoms with van der Waals surface area (Å²) in [5.41, 5.74) is 7.50. The molecule has 0 fully saturated rings. The van der Waals surface area contributed by atoms with E-state index in [4.69, 9.17) is 5.73 Å². The van der Waals surface area contributed by atoms with Gasteiger partial charge in [-0.15, -0.1) is 0 Å². The van der Waals surface area contributed by atoms with Gasteiger partial charge in [0.25, 0.3) is 11.2 Å². The van der Waals surface area contributed by atoms with E-state index >= 15 is 0 Å². The van der Waals surface area contributed by atoms with E-state index in [-0.39, 0.29) is 35.3 Å². The standard InChI is InChI=1S/C20H18N8O3/c1-2-12-5-3-4-6-15(12)23-20-25-17(24-19(21)26-20)10-27-11-22-16-8-7-13(28(30)31)9-14(16)18(27)29/h3-9,11H,2,10H2,1H3,(H3,21,23,24,25,26). The molecule has 11 heteroatoms. The fourth-order valence-corrected chi connectivity index (χ4v) is 3.16. The highest BCUT2D eigenvalue weighted by Gasteiger charge is 2.13. The number of fused-ring (bicyclic) bond motifs is 1. The van der Waals surface area contributed by atoms with Gasteiger partial charge in [-0.25, -0.2) is 4.98 Å². The Bertz CT molecular complexity index is 1350. The quantitative estimate of drug-likeness (QED) is 0.355. The van der Waals surface area contributed by atoms with Crippen LogP contribution in [-0.2, 0) is 13.0 Å². The summed E-state index contributed by atoms with van der Waals surface area (Å²) in [7, 11) is 0. The number of nitrogens with one attached hydrogen (secondary N) is 1. The lowest BCUT2D eigenvalue weighted by molar-refractivity contribution is -0.384. The summed E-state index contributed by atoms with van der Waals surface area (Å²) >= 11 is 0. The molecule has 31 heavy (non-hydrogen) atoms. The van der Waals surface area contributed by atoms with Gasteiger partial charge in [-0.05, 0) is 24.1 Å². The van der Waals surface area contributed by atoms with Crippen LogP contribution in [-0.4, -0.2) is 29.4 Å². The van der Waals surface area contributed by atoms with E-state index in [0.29, 0.717) is 5.52 Å². The lowest BCUT2D eigenvalue weighted by Crippen LogP contribution is -2.23. The summed E-state index contributed by atoms with van der Waals surface area (Å²) < 4.78 is 1.27. The van der Waals surface area contributed by atoms with Crippen LogP contribution < -0.4 is 16.6 Å². The number of nitrogens with two attached hydrogens (primary N) is 1. The Balaban J connectivity index is 1.68. The first-order chi connectivity index (χ1) is 14.9. The highest BCUT2D eigenvalue weighted by molar-refractivity contribution is 5.79. The second kappa shape index (κ2) is 8.14. The van der Waals surface area contributed by atoms with Crippen LogP contribution in [0.4, 0.5) is 23.3 Å². The molecule has 0 amide bonds. The molecule has 4 rings (SSSR count). The average Bonchev–Trinajstić information content (AvgIpc) is 2.75. The number of hydrogen-bond acceptors (Lipinski definition) is 9. The molecule has 0 radical (unpaired) electrons. The van der Waals surface area contributed by atoms with E-state index in [1.165, 1.54) is 29.1 Å². The van der Waals surface area contributed by atoms with Crippen molar-refractivity contribution in [3.05, 3.63) is 80.6 Å². The second-order valence-electron chi connectivity index (χ2n) is 6.71. The monoisotopic (exact) mass is 418 g/mol. The minimum Gasteiger partial charge on any atom is -0.368 e. The predicted octanol–water partition coefficient (Wildman–Crippen LogP) is 2.43. The SMILES string of the molecule is CCc1ccccc1Nc1nc(N)nc(Cn2cnc3ccc([N+](=O)[O-])cc3c2=O)n1. The van der Waals surface area contributed by atoms with Crippen LogP contribution >= 0.6 is 0 Å². The molecule has 0 aliphatic rings. The third kappa shape index (κ3) is 4.15. The summed E-state index contributed by atoms with van der Waals surface area (Å²) in [4.78, 5) is 40.1. The van der Waals surface area contributed by atoms with E-state index in [9.17, 15) is 14.9 Å². The van der Waals surface area contributed by atoms with Gasteiger partial charge in [0.1, 0.15) is 0 Å². The molecule has 0 aliphatic carbocycles. The Hall–Kier alpha value is -4.41. The molecule has 2 aromatic heterocycles. The topological polar surface area (TPSA) is 155 Å². The molecule has 11 nitrogen and oxygen atoms in total. The molecule has 0 unspecified atom stereocenters. The molecule has 0 atom stereocenters. The molecule has 4 aromatic rings. The van der Waals surface area contributed by atoms with Gasteiger partial charge in [0.15, 0.2) is 5.82 Å². The summed E-state index contributed by atoms with van der Waals surface area (Å²) in [5, 5.41) is 14.3. The minimum atomic E-state index is -0.561. The second-order valence-corrected chi connectivity index (χ2v) is 6.71. The van der Waals surface area contributed by atoms with Gasteiger partial charge in [0.2, 0.25) is 11.9 Å². The first-order valence-corrected chi connectivity index (χ1v) is 9.43. The zero-order chi connectivity index (χ0) is 22.0. The lowest BCUT2D eigenvalue weighted by atomic mass is 10.1. The van der Waals surface area contributed by atoms with E-state index in [0.717, 1.165) is 17.7 Å². The van der Waals surface area contributed by atoms with Crippen LogP contribution in [0.5, 0.6) is 0 Å². The van der Waals surface area contributed by atoms with Crippen LogP contribution in [0.25, 0.3) is 10.9 Å². The van der Waals surface area contributed by atoms with Crippen molar-refractivity contribution in [1.29, 1.82) is 0 Å².